The van der Waals surface area contributed by atoms with E-state index in [4.69, 9.17) is 11.6 Å². The average molecular weight is 384 g/mol. The lowest BCUT2D eigenvalue weighted by molar-refractivity contribution is 0.221. The Morgan fingerprint density at radius 3 is 2.52 bits per heavy atom. The average Bonchev–Trinajstić information content (AvgIpc) is 3.32. The Morgan fingerprint density at radius 2 is 1.84 bits per heavy atom. The summed E-state index contributed by atoms with van der Waals surface area (Å²) in [7, 11) is 0. The van der Waals surface area contributed by atoms with Crippen molar-refractivity contribution in [1.82, 2.24) is 4.98 Å². The van der Waals surface area contributed by atoms with E-state index >= 15 is 0 Å². The second-order valence-corrected chi connectivity index (χ2v) is 7.83. The van der Waals surface area contributed by atoms with Gasteiger partial charge in [-0.15, -0.1) is 22.7 Å². The van der Waals surface area contributed by atoms with Crippen LogP contribution in [0.2, 0.25) is 5.02 Å². The number of halogens is 1. The molecule has 25 heavy (non-hydrogen) atoms. The molecule has 4 aromatic rings. The van der Waals surface area contributed by atoms with E-state index in [1.807, 2.05) is 42.5 Å². The summed E-state index contributed by atoms with van der Waals surface area (Å²) in [5.74, 6) is 0. The molecule has 4 rings (SSSR count). The third-order valence-corrected chi connectivity index (χ3v) is 6.20. The summed E-state index contributed by atoms with van der Waals surface area (Å²) in [6.07, 6.45) is 2.69. The lowest BCUT2D eigenvalue weighted by Gasteiger charge is -2.15. The van der Waals surface area contributed by atoms with Gasteiger partial charge in [0.25, 0.3) is 0 Å². The van der Waals surface area contributed by atoms with E-state index < -0.39 is 6.10 Å². The molecule has 3 aromatic heterocycles. The summed E-state index contributed by atoms with van der Waals surface area (Å²) in [6.45, 7) is 0. The van der Waals surface area contributed by atoms with E-state index in [0.29, 0.717) is 5.02 Å². The Bertz CT molecular complexity index is 963. The number of pyridine rings is 1. The van der Waals surface area contributed by atoms with Crippen molar-refractivity contribution < 1.29 is 5.11 Å². The molecule has 0 fully saturated rings. The molecule has 3 heterocycles. The number of thiophene rings is 2. The molecule has 124 valence electrons. The molecule has 0 radical (unpaired) electrons. The maximum Gasteiger partial charge on any atom is 0.108 e. The lowest BCUT2D eigenvalue weighted by Crippen LogP contribution is -2.01. The van der Waals surface area contributed by atoms with Crippen LogP contribution >= 0.6 is 34.3 Å². The monoisotopic (exact) mass is 383 g/mol. The van der Waals surface area contributed by atoms with Gasteiger partial charge in [0.05, 0.1) is 0 Å². The minimum atomic E-state index is -0.734. The number of hydrogen-bond acceptors (Lipinski definition) is 4. The van der Waals surface area contributed by atoms with Gasteiger partial charge in [-0.2, -0.15) is 0 Å². The van der Waals surface area contributed by atoms with Crippen molar-refractivity contribution in [2.45, 2.75) is 6.10 Å². The van der Waals surface area contributed by atoms with Crippen molar-refractivity contribution in [2.24, 2.45) is 0 Å². The number of hydrogen-bond donors (Lipinski definition) is 1. The fraction of sp³-hybridized carbons (Fsp3) is 0.0500. The van der Waals surface area contributed by atoms with E-state index in [1.165, 1.54) is 0 Å². The number of aromatic nitrogens is 1. The smallest absolute Gasteiger partial charge is 0.108 e. The second kappa shape index (κ2) is 7.10. The number of aliphatic hydroxyl groups is 1. The molecule has 1 atom stereocenters. The van der Waals surface area contributed by atoms with Crippen LogP contribution in [0.25, 0.3) is 20.9 Å². The lowest BCUT2D eigenvalue weighted by atomic mass is 9.96. The highest BCUT2D eigenvalue weighted by Gasteiger charge is 2.23. The van der Waals surface area contributed by atoms with Crippen LogP contribution in [0.15, 0.2) is 71.7 Å². The first-order valence-corrected chi connectivity index (χ1v) is 9.87. The van der Waals surface area contributed by atoms with E-state index in [9.17, 15) is 5.11 Å². The summed E-state index contributed by atoms with van der Waals surface area (Å²) < 4.78 is 0. The Labute approximate surface area is 159 Å². The van der Waals surface area contributed by atoms with Gasteiger partial charge in [0, 0.05) is 49.2 Å². The normalized spacial score (nSPS) is 12.2. The molecule has 0 amide bonds. The van der Waals surface area contributed by atoms with Crippen molar-refractivity contribution in [3.8, 4) is 20.9 Å². The first-order valence-electron chi connectivity index (χ1n) is 7.73. The SMILES string of the molecule is O[C@H](c1cccnc1)c1c(-c2cccs2)csc1-c1ccc(Cl)cc1. The van der Waals surface area contributed by atoms with Gasteiger partial charge in [0.15, 0.2) is 0 Å². The van der Waals surface area contributed by atoms with Crippen LogP contribution in [0.3, 0.4) is 0 Å². The zero-order valence-electron chi connectivity index (χ0n) is 13.1. The summed E-state index contributed by atoms with van der Waals surface area (Å²) in [5.41, 5.74) is 3.83. The molecule has 2 nitrogen and oxygen atoms in total. The molecule has 0 aliphatic heterocycles. The van der Waals surface area contributed by atoms with Crippen LogP contribution in [-0.4, -0.2) is 10.1 Å². The van der Waals surface area contributed by atoms with Gasteiger partial charge in [0.2, 0.25) is 0 Å². The van der Waals surface area contributed by atoms with Gasteiger partial charge >= 0.3 is 0 Å². The molecular weight excluding hydrogens is 370 g/mol. The van der Waals surface area contributed by atoms with E-state index in [2.05, 4.69) is 21.8 Å². The topological polar surface area (TPSA) is 33.1 Å². The standard InChI is InChI=1S/C20H14ClNOS2/c21-15-7-5-13(6-8-15)20-18(19(23)14-3-1-9-22-11-14)16(12-25-20)17-4-2-10-24-17/h1-12,19,23H/t19-/m1/s1. The van der Waals surface area contributed by atoms with Crippen LogP contribution in [0.4, 0.5) is 0 Å². The first-order chi connectivity index (χ1) is 12.2. The zero-order chi connectivity index (χ0) is 17.2. The zero-order valence-corrected chi connectivity index (χ0v) is 15.5. The van der Waals surface area contributed by atoms with Crippen LogP contribution in [0, 0.1) is 0 Å². The molecule has 1 N–H and O–H groups in total. The summed E-state index contributed by atoms with van der Waals surface area (Å²) >= 11 is 9.34. The third kappa shape index (κ3) is 3.26. The van der Waals surface area contributed by atoms with Crippen LogP contribution in [0.1, 0.15) is 17.2 Å². The molecule has 1 aromatic carbocycles. The highest BCUT2D eigenvalue weighted by Crippen LogP contribution is 2.44. The minimum Gasteiger partial charge on any atom is -0.384 e. The van der Waals surface area contributed by atoms with Gasteiger partial charge in [-0.05, 0) is 35.2 Å². The maximum absolute atomic E-state index is 11.1. The van der Waals surface area contributed by atoms with Gasteiger partial charge < -0.3 is 5.11 Å². The van der Waals surface area contributed by atoms with Crippen molar-refractivity contribution in [3.05, 3.63) is 87.8 Å². The molecule has 0 bridgehead atoms. The fourth-order valence-corrected chi connectivity index (χ4v) is 4.86. The van der Waals surface area contributed by atoms with E-state index in [0.717, 1.165) is 32.0 Å². The van der Waals surface area contributed by atoms with Crippen molar-refractivity contribution in [3.63, 3.8) is 0 Å². The van der Waals surface area contributed by atoms with E-state index in [-0.39, 0.29) is 0 Å². The maximum atomic E-state index is 11.1. The molecule has 0 unspecified atom stereocenters. The molecule has 0 aliphatic carbocycles. The first kappa shape index (κ1) is 16.5. The molecule has 0 spiro atoms. The van der Waals surface area contributed by atoms with Crippen LogP contribution in [0.5, 0.6) is 0 Å². The van der Waals surface area contributed by atoms with Crippen molar-refractivity contribution >= 4 is 34.3 Å². The van der Waals surface area contributed by atoms with Gasteiger partial charge in [-0.1, -0.05) is 35.9 Å². The summed E-state index contributed by atoms with van der Waals surface area (Å²) in [5, 5.41) is 16.0. The van der Waals surface area contributed by atoms with Crippen molar-refractivity contribution in [1.29, 1.82) is 0 Å². The quantitative estimate of drug-likeness (QED) is 0.450. The van der Waals surface area contributed by atoms with Gasteiger partial charge in [-0.25, -0.2) is 0 Å². The predicted molar refractivity (Wildman–Crippen MR) is 106 cm³/mol. The molecule has 5 heteroatoms. The number of nitrogens with zero attached hydrogens (tertiary/aromatic N) is 1. The minimum absolute atomic E-state index is 0.702. The Hall–Kier alpha value is -1.98. The Kier molecular flexibility index (Phi) is 4.68. The predicted octanol–water partition coefficient (Wildman–Crippen LogP) is 6.27. The Morgan fingerprint density at radius 1 is 1.00 bits per heavy atom. The molecule has 0 saturated heterocycles. The highest BCUT2D eigenvalue weighted by molar-refractivity contribution is 7.16. The number of benzene rings is 1. The highest BCUT2D eigenvalue weighted by atomic mass is 35.5. The number of aliphatic hydroxyl groups excluding tert-OH is 1. The van der Waals surface area contributed by atoms with E-state index in [1.54, 1.807) is 35.1 Å². The van der Waals surface area contributed by atoms with Gasteiger partial charge in [-0.3, -0.25) is 4.98 Å². The van der Waals surface area contributed by atoms with Gasteiger partial charge in [0.1, 0.15) is 6.10 Å². The largest absolute Gasteiger partial charge is 0.384 e. The molecular formula is C20H14ClNOS2. The molecule has 0 aliphatic rings. The Balaban J connectivity index is 1.89. The molecule has 0 saturated carbocycles. The second-order valence-electron chi connectivity index (χ2n) is 5.57. The summed E-state index contributed by atoms with van der Waals surface area (Å²) in [4.78, 5) is 6.35. The van der Waals surface area contributed by atoms with Crippen molar-refractivity contribution in [2.75, 3.05) is 0 Å². The third-order valence-electron chi connectivity index (χ3n) is 4.00. The summed E-state index contributed by atoms with van der Waals surface area (Å²) in [6, 6.07) is 15.6. The van der Waals surface area contributed by atoms with Crippen LogP contribution < -0.4 is 0 Å². The fourth-order valence-electron chi connectivity index (χ4n) is 2.79. The van der Waals surface area contributed by atoms with Crippen LogP contribution in [-0.2, 0) is 0 Å². The number of rotatable bonds is 4.